The van der Waals surface area contributed by atoms with E-state index in [1.807, 2.05) is 38.1 Å². The number of hydrogen-bond acceptors (Lipinski definition) is 2. The molecule has 84 valence electrons. The van der Waals surface area contributed by atoms with Crippen LogP contribution in [0.2, 0.25) is 5.02 Å². The lowest BCUT2D eigenvalue weighted by Gasteiger charge is -2.03. The van der Waals surface area contributed by atoms with Crippen molar-refractivity contribution in [3.8, 4) is 11.3 Å². The Hall–Kier alpha value is -1.32. The molecule has 3 N–H and O–H groups in total. The summed E-state index contributed by atoms with van der Waals surface area (Å²) in [5.41, 5.74) is 9.89. The van der Waals surface area contributed by atoms with E-state index in [4.69, 9.17) is 17.3 Å². The van der Waals surface area contributed by atoms with Crippen molar-refractivity contribution in [2.24, 2.45) is 5.73 Å². The molecule has 0 aliphatic carbocycles. The molecule has 2 aromatic rings. The molecule has 0 aliphatic rings. The largest absolute Gasteiger partial charge is 0.323 e. The van der Waals surface area contributed by atoms with Gasteiger partial charge in [-0.1, -0.05) is 23.7 Å². The summed E-state index contributed by atoms with van der Waals surface area (Å²) in [6.07, 6.45) is 0. The molecule has 0 fully saturated rings. The summed E-state index contributed by atoms with van der Waals surface area (Å²) < 4.78 is 0. The van der Waals surface area contributed by atoms with Gasteiger partial charge in [0.2, 0.25) is 0 Å². The van der Waals surface area contributed by atoms with Gasteiger partial charge in [0.15, 0.2) is 0 Å². The van der Waals surface area contributed by atoms with Crippen molar-refractivity contribution in [2.75, 3.05) is 0 Å². The van der Waals surface area contributed by atoms with Gasteiger partial charge >= 0.3 is 0 Å². The molecule has 0 radical (unpaired) electrons. The molecule has 0 unspecified atom stereocenters. The second kappa shape index (κ2) is 4.28. The number of H-pyrrole nitrogens is 1. The molecular formula is C12H14ClN3. The lowest BCUT2D eigenvalue weighted by atomic mass is 10.0. The highest BCUT2D eigenvalue weighted by molar-refractivity contribution is 6.30. The average Bonchev–Trinajstić information content (AvgIpc) is 2.61. The monoisotopic (exact) mass is 235 g/mol. The van der Waals surface area contributed by atoms with Gasteiger partial charge in [-0.2, -0.15) is 5.10 Å². The van der Waals surface area contributed by atoms with E-state index in [9.17, 15) is 0 Å². The minimum absolute atomic E-state index is 0.0337. The number of halogens is 1. The fourth-order valence-electron chi connectivity index (χ4n) is 1.74. The molecule has 0 amide bonds. The highest BCUT2D eigenvalue weighted by Gasteiger charge is 2.13. The van der Waals surface area contributed by atoms with E-state index in [0.717, 1.165) is 27.5 Å². The second-order valence-electron chi connectivity index (χ2n) is 3.91. The molecule has 16 heavy (non-hydrogen) atoms. The zero-order chi connectivity index (χ0) is 11.7. The number of nitrogens with two attached hydrogens (primary N) is 1. The van der Waals surface area contributed by atoms with Gasteiger partial charge in [0, 0.05) is 16.6 Å². The van der Waals surface area contributed by atoms with Crippen molar-refractivity contribution in [3.05, 3.63) is 40.5 Å². The van der Waals surface area contributed by atoms with Gasteiger partial charge in [-0.3, -0.25) is 5.10 Å². The van der Waals surface area contributed by atoms with Crippen LogP contribution >= 0.6 is 11.6 Å². The second-order valence-corrected chi connectivity index (χ2v) is 4.34. The first kappa shape index (κ1) is 11.2. The van der Waals surface area contributed by atoms with Crippen molar-refractivity contribution in [2.45, 2.75) is 19.9 Å². The first-order chi connectivity index (χ1) is 7.59. The number of rotatable bonds is 2. The third kappa shape index (κ3) is 1.96. The maximum absolute atomic E-state index is 5.85. The molecule has 1 heterocycles. The zero-order valence-electron chi connectivity index (χ0n) is 9.29. The van der Waals surface area contributed by atoms with Gasteiger partial charge in [0.05, 0.1) is 11.4 Å². The Balaban J connectivity index is 2.45. The fraction of sp³-hybridized carbons (Fsp3) is 0.250. The number of benzene rings is 1. The van der Waals surface area contributed by atoms with E-state index in [0.29, 0.717) is 0 Å². The Labute approximate surface area is 99.6 Å². The minimum atomic E-state index is -0.0337. The van der Waals surface area contributed by atoms with Crippen LogP contribution in [-0.4, -0.2) is 10.2 Å². The average molecular weight is 236 g/mol. The molecule has 0 bridgehead atoms. The lowest BCUT2D eigenvalue weighted by Crippen LogP contribution is -2.06. The van der Waals surface area contributed by atoms with Gasteiger partial charge in [-0.05, 0) is 31.5 Å². The summed E-state index contributed by atoms with van der Waals surface area (Å²) in [6, 6.07) is 7.59. The molecule has 0 saturated heterocycles. The van der Waals surface area contributed by atoms with Crippen molar-refractivity contribution in [1.29, 1.82) is 0 Å². The Morgan fingerprint density at radius 1 is 1.31 bits per heavy atom. The molecule has 0 aliphatic heterocycles. The van der Waals surface area contributed by atoms with E-state index in [1.54, 1.807) is 0 Å². The summed E-state index contributed by atoms with van der Waals surface area (Å²) in [4.78, 5) is 0. The molecule has 1 atom stereocenters. The van der Waals surface area contributed by atoms with E-state index >= 15 is 0 Å². The highest BCUT2D eigenvalue weighted by Crippen LogP contribution is 2.26. The summed E-state index contributed by atoms with van der Waals surface area (Å²) >= 11 is 5.85. The zero-order valence-corrected chi connectivity index (χ0v) is 10.0. The standard InChI is InChI=1S/C12H14ClN3/c1-7-11(8(2)14)15-16-12(7)9-3-5-10(13)6-4-9/h3-6,8H,14H2,1-2H3,(H,15,16)/t8-/m1/s1. The Morgan fingerprint density at radius 3 is 2.44 bits per heavy atom. The smallest absolute Gasteiger partial charge is 0.0953 e. The number of aromatic amines is 1. The predicted molar refractivity (Wildman–Crippen MR) is 66.4 cm³/mol. The number of aromatic nitrogens is 2. The molecule has 0 spiro atoms. The van der Waals surface area contributed by atoms with Gasteiger partial charge < -0.3 is 5.73 Å². The van der Waals surface area contributed by atoms with Crippen LogP contribution in [0.25, 0.3) is 11.3 Å². The van der Waals surface area contributed by atoms with E-state index in [1.165, 1.54) is 0 Å². The third-order valence-electron chi connectivity index (χ3n) is 2.62. The topological polar surface area (TPSA) is 54.7 Å². The summed E-state index contributed by atoms with van der Waals surface area (Å²) in [7, 11) is 0. The fourth-order valence-corrected chi connectivity index (χ4v) is 1.87. The Morgan fingerprint density at radius 2 is 1.94 bits per heavy atom. The normalized spacial score (nSPS) is 12.8. The molecule has 1 aromatic carbocycles. The van der Waals surface area contributed by atoms with Crippen molar-refractivity contribution >= 4 is 11.6 Å². The van der Waals surface area contributed by atoms with Crippen LogP contribution in [0.15, 0.2) is 24.3 Å². The van der Waals surface area contributed by atoms with Gasteiger partial charge in [-0.25, -0.2) is 0 Å². The quantitative estimate of drug-likeness (QED) is 0.841. The molecule has 4 heteroatoms. The first-order valence-electron chi connectivity index (χ1n) is 5.16. The molecular weight excluding hydrogens is 222 g/mol. The molecule has 0 saturated carbocycles. The van der Waals surface area contributed by atoms with Crippen molar-refractivity contribution in [3.63, 3.8) is 0 Å². The Kier molecular flexibility index (Phi) is 2.99. The SMILES string of the molecule is Cc1c(-c2ccc(Cl)cc2)n[nH]c1[C@@H](C)N. The van der Waals surface area contributed by atoms with Crippen LogP contribution in [0.3, 0.4) is 0 Å². The Bertz CT molecular complexity index is 485. The summed E-state index contributed by atoms with van der Waals surface area (Å²) in [6.45, 7) is 3.96. The highest BCUT2D eigenvalue weighted by atomic mass is 35.5. The van der Waals surface area contributed by atoms with Crippen LogP contribution in [0.4, 0.5) is 0 Å². The van der Waals surface area contributed by atoms with Crippen LogP contribution in [0.5, 0.6) is 0 Å². The van der Waals surface area contributed by atoms with Gasteiger partial charge in [0.25, 0.3) is 0 Å². The van der Waals surface area contributed by atoms with E-state index in [-0.39, 0.29) is 6.04 Å². The molecule has 3 nitrogen and oxygen atoms in total. The lowest BCUT2D eigenvalue weighted by molar-refractivity contribution is 0.766. The van der Waals surface area contributed by atoms with Crippen LogP contribution in [-0.2, 0) is 0 Å². The molecule has 1 aromatic heterocycles. The third-order valence-corrected chi connectivity index (χ3v) is 2.87. The van der Waals surface area contributed by atoms with E-state index < -0.39 is 0 Å². The van der Waals surface area contributed by atoms with Crippen LogP contribution in [0, 0.1) is 6.92 Å². The number of hydrogen-bond donors (Lipinski definition) is 2. The summed E-state index contributed by atoms with van der Waals surface area (Å²) in [5, 5.41) is 7.99. The number of nitrogens with zero attached hydrogens (tertiary/aromatic N) is 1. The maximum Gasteiger partial charge on any atom is 0.0953 e. The van der Waals surface area contributed by atoms with Gasteiger partial charge in [0.1, 0.15) is 0 Å². The van der Waals surface area contributed by atoms with Crippen LogP contribution in [0.1, 0.15) is 24.2 Å². The van der Waals surface area contributed by atoms with Crippen molar-refractivity contribution in [1.82, 2.24) is 10.2 Å². The van der Waals surface area contributed by atoms with E-state index in [2.05, 4.69) is 10.2 Å². The number of nitrogens with one attached hydrogen (secondary N) is 1. The summed E-state index contributed by atoms with van der Waals surface area (Å²) in [5.74, 6) is 0. The van der Waals surface area contributed by atoms with Crippen LogP contribution < -0.4 is 5.73 Å². The minimum Gasteiger partial charge on any atom is -0.323 e. The van der Waals surface area contributed by atoms with Gasteiger partial charge in [-0.15, -0.1) is 0 Å². The molecule has 2 rings (SSSR count). The first-order valence-corrected chi connectivity index (χ1v) is 5.53. The van der Waals surface area contributed by atoms with Crippen molar-refractivity contribution < 1.29 is 0 Å². The predicted octanol–water partition coefficient (Wildman–Crippen LogP) is 3.06. The maximum atomic E-state index is 5.85.